The van der Waals surface area contributed by atoms with Crippen molar-refractivity contribution in [1.29, 1.82) is 5.26 Å². The van der Waals surface area contributed by atoms with Gasteiger partial charge in [0, 0.05) is 7.05 Å². The van der Waals surface area contributed by atoms with E-state index >= 15 is 0 Å². The Hall–Kier alpha value is -1.70. The molecule has 0 aromatic rings. The summed E-state index contributed by atoms with van der Waals surface area (Å²) < 4.78 is 0. The Bertz CT molecular complexity index is 219. The van der Waals surface area contributed by atoms with Crippen molar-refractivity contribution in [3.05, 3.63) is 11.4 Å². The van der Waals surface area contributed by atoms with Crippen molar-refractivity contribution in [2.75, 3.05) is 7.05 Å². The summed E-state index contributed by atoms with van der Waals surface area (Å²) in [6.45, 7) is 0. The highest BCUT2D eigenvalue weighted by Gasteiger charge is 2.00. The van der Waals surface area contributed by atoms with Crippen LogP contribution >= 0.6 is 0 Å². The van der Waals surface area contributed by atoms with Gasteiger partial charge in [-0.05, 0) is 0 Å². The number of nitrogens with two attached hydrogens (primary N) is 3. The molecule has 5 nitrogen and oxygen atoms in total. The van der Waals surface area contributed by atoms with Crippen LogP contribution in [0.3, 0.4) is 0 Å². The number of allylic oxidation sites excluding steroid dienone is 1. The minimum atomic E-state index is -0.108. The van der Waals surface area contributed by atoms with Gasteiger partial charge in [-0.15, -0.1) is 0 Å². The number of amidine groups is 1. The Morgan fingerprint density at radius 3 is 2.20 bits per heavy atom. The monoisotopic (exact) mass is 139 g/mol. The van der Waals surface area contributed by atoms with Crippen LogP contribution in [-0.4, -0.2) is 12.9 Å². The average molecular weight is 139 g/mol. The van der Waals surface area contributed by atoms with Crippen molar-refractivity contribution in [1.82, 2.24) is 0 Å². The normalized spacial score (nSPS) is 13.8. The van der Waals surface area contributed by atoms with E-state index in [0.29, 0.717) is 0 Å². The fourth-order valence-electron chi connectivity index (χ4n) is 0.319. The van der Waals surface area contributed by atoms with Gasteiger partial charge >= 0.3 is 0 Å². The average Bonchev–Trinajstić information content (AvgIpc) is 2.00. The minimum Gasteiger partial charge on any atom is -0.393 e. The number of nitriles is 1. The van der Waals surface area contributed by atoms with E-state index in [1.807, 2.05) is 0 Å². The third-order valence-corrected chi connectivity index (χ3v) is 0.927. The molecule has 0 heterocycles. The second-order valence-electron chi connectivity index (χ2n) is 1.55. The molecule has 6 N–H and O–H groups in total. The van der Waals surface area contributed by atoms with E-state index in [2.05, 4.69) is 4.99 Å². The minimum absolute atomic E-state index is 0.0324. The van der Waals surface area contributed by atoms with Crippen LogP contribution in [0.4, 0.5) is 0 Å². The predicted molar refractivity (Wildman–Crippen MR) is 38.6 cm³/mol. The molecule has 0 aromatic carbocycles. The van der Waals surface area contributed by atoms with E-state index in [1.165, 1.54) is 7.05 Å². The van der Waals surface area contributed by atoms with Crippen LogP contribution in [-0.2, 0) is 0 Å². The molecule has 0 fully saturated rings. The van der Waals surface area contributed by atoms with Crippen LogP contribution in [0.15, 0.2) is 16.4 Å². The smallest absolute Gasteiger partial charge is 0.144 e. The summed E-state index contributed by atoms with van der Waals surface area (Å²) in [5.74, 6) is 0.0825. The SMILES string of the molecule is CN=C(N)C(N)=C(N)C#N. The summed E-state index contributed by atoms with van der Waals surface area (Å²) >= 11 is 0. The van der Waals surface area contributed by atoms with Crippen LogP contribution in [0, 0.1) is 11.3 Å². The summed E-state index contributed by atoms with van der Waals surface area (Å²) in [6.07, 6.45) is 0. The third-order valence-electron chi connectivity index (χ3n) is 0.927. The molecule has 0 rings (SSSR count). The number of aliphatic imine (C=N–C) groups is 1. The molecule has 0 saturated heterocycles. The molecule has 0 aliphatic carbocycles. The molecule has 0 atom stereocenters. The zero-order valence-corrected chi connectivity index (χ0v) is 5.63. The highest BCUT2D eigenvalue weighted by atomic mass is 14.9. The second-order valence-corrected chi connectivity index (χ2v) is 1.55. The van der Waals surface area contributed by atoms with Crippen molar-refractivity contribution in [2.45, 2.75) is 0 Å². The van der Waals surface area contributed by atoms with Crippen LogP contribution in [0.25, 0.3) is 0 Å². The van der Waals surface area contributed by atoms with Gasteiger partial charge in [0.05, 0.1) is 0 Å². The Morgan fingerprint density at radius 1 is 1.40 bits per heavy atom. The van der Waals surface area contributed by atoms with E-state index in [4.69, 9.17) is 22.5 Å². The van der Waals surface area contributed by atoms with Crippen LogP contribution < -0.4 is 17.2 Å². The predicted octanol–water partition coefficient (Wildman–Crippen LogP) is -1.37. The molecular weight excluding hydrogens is 130 g/mol. The number of nitrogens with zero attached hydrogens (tertiary/aromatic N) is 2. The third kappa shape index (κ3) is 1.67. The largest absolute Gasteiger partial charge is 0.393 e. The molecule has 0 spiro atoms. The first-order chi connectivity index (χ1) is 4.63. The molecule has 0 saturated carbocycles. The van der Waals surface area contributed by atoms with Crippen molar-refractivity contribution < 1.29 is 0 Å². The molecule has 0 aliphatic heterocycles. The van der Waals surface area contributed by atoms with Gasteiger partial charge in [-0.25, -0.2) is 0 Å². The van der Waals surface area contributed by atoms with Gasteiger partial charge in [0.15, 0.2) is 0 Å². The van der Waals surface area contributed by atoms with Gasteiger partial charge < -0.3 is 17.2 Å². The van der Waals surface area contributed by atoms with Gasteiger partial charge in [-0.3, -0.25) is 4.99 Å². The number of rotatable bonds is 1. The number of hydrogen-bond acceptors (Lipinski definition) is 4. The van der Waals surface area contributed by atoms with Crippen molar-refractivity contribution >= 4 is 5.84 Å². The fourth-order valence-corrected chi connectivity index (χ4v) is 0.319. The summed E-state index contributed by atoms with van der Waals surface area (Å²) in [6, 6.07) is 1.65. The Kier molecular flexibility index (Phi) is 2.78. The zero-order chi connectivity index (χ0) is 8.15. The zero-order valence-electron chi connectivity index (χ0n) is 5.63. The lowest BCUT2D eigenvalue weighted by molar-refractivity contribution is 1.26. The summed E-state index contributed by atoms with van der Waals surface area (Å²) in [7, 11) is 1.47. The molecular formula is C5H9N5. The number of hydrogen-bond donors (Lipinski definition) is 3. The molecule has 0 unspecified atom stereocenters. The molecule has 0 aliphatic rings. The Balaban J connectivity index is 4.68. The molecule has 10 heavy (non-hydrogen) atoms. The van der Waals surface area contributed by atoms with Gasteiger partial charge in [0.1, 0.15) is 23.3 Å². The maximum absolute atomic E-state index is 8.23. The first-order valence-electron chi connectivity index (χ1n) is 2.51. The van der Waals surface area contributed by atoms with Gasteiger partial charge in [0.25, 0.3) is 0 Å². The highest BCUT2D eigenvalue weighted by molar-refractivity contribution is 5.97. The topological polar surface area (TPSA) is 114 Å². The quantitative estimate of drug-likeness (QED) is 0.236. The molecule has 0 aromatic heterocycles. The lowest BCUT2D eigenvalue weighted by atomic mass is 10.3. The van der Waals surface area contributed by atoms with E-state index < -0.39 is 0 Å². The Labute approximate surface area is 58.8 Å². The summed E-state index contributed by atoms with van der Waals surface area (Å²) in [5, 5.41) is 8.23. The van der Waals surface area contributed by atoms with Gasteiger partial charge in [0.2, 0.25) is 0 Å². The molecule has 5 heteroatoms. The lowest BCUT2D eigenvalue weighted by Gasteiger charge is -1.97. The van der Waals surface area contributed by atoms with E-state index in [-0.39, 0.29) is 17.2 Å². The lowest BCUT2D eigenvalue weighted by Crippen LogP contribution is -2.24. The van der Waals surface area contributed by atoms with E-state index in [1.54, 1.807) is 6.07 Å². The molecule has 0 amide bonds. The summed E-state index contributed by atoms with van der Waals surface area (Å²) in [4.78, 5) is 3.54. The van der Waals surface area contributed by atoms with Crippen molar-refractivity contribution in [3.8, 4) is 6.07 Å². The van der Waals surface area contributed by atoms with Gasteiger partial charge in [-0.2, -0.15) is 5.26 Å². The van der Waals surface area contributed by atoms with Crippen LogP contribution in [0.5, 0.6) is 0 Å². The van der Waals surface area contributed by atoms with Gasteiger partial charge in [-0.1, -0.05) is 0 Å². The molecule has 54 valence electrons. The first-order valence-corrected chi connectivity index (χ1v) is 2.51. The first kappa shape index (κ1) is 8.30. The van der Waals surface area contributed by atoms with Crippen LogP contribution in [0.2, 0.25) is 0 Å². The van der Waals surface area contributed by atoms with E-state index in [9.17, 15) is 0 Å². The van der Waals surface area contributed by atoms with E-state index in [0.717, 1.165) is 0 Å². The molecule has 0 bridgehead atoms. The maximum Gasteiger partial charge on any atom is 0.144 e. The Morgan fingerprint density at radius 2 is 1.90 bits per heavy atom. The van der Waals surface area contributed by atoms with Crippen molar-refractivity contribution in [2.24, 2.45) is 22.2 Å². The maximum atomic E-state index is 8.23. The van der Waals surface area contributed by atoms with Crippen LogP contribution in [0.1, 0.15) is 0 Å². The standard InChI is InChI=1S/C5H9N5/c1-10-5(9)4(8)3(7)2-6/h7-8H2,1H3,(H2,9,10). The van der Waals surface area contributed by atoms with Crippen molar-refractivity contribution in [3.63, 3.8) is 0 Å². The second kappa shape index (κ2) is 3.35. The summed E-state index contributed by atoms with van der Waals surface area (Å²) in [5.41, 5.74) is 15.5. The molecule has 0 radical (unpaired) electrons. The highest BCUT2D eigenvalue weighted by Crippen LogP contribution is 1.87. The fraction of sp³-hybridized carbons (Fsp3) is 0.200.